The standard InChI is InChI=1S/C20H19ClN2O/c1-3-19(23-12-11-22-14-23)18-9-4-5-10-20(18)24-15(2)16-7-6-8-17(21)13-16/h3-15H,1-2H3/b19-3+. The minimum absolute atomic E-state index is 0.106. The highest BCUT2D eigenvalue weighted by Crippen LogP contribution is 2.31. The van der Waals surface area contributed by atoms with E-state index >= 15 is 0 Å². The lowest BCUT2D eigenvalue weighted by molar-refractivity contribution is 0.226. The molecule has 1 heterocycles. The van der Waals surface area contributed by atoms with Gasteiger partial charge in [0.05, 0.1) is 12.0 Å². The predicted octanol–water partition coefficient (Wildman–Crippen LogP) is 5.59. The number of benzene rings is 2. The van der Waals surface area contributed by atoms with Crippen LogP contribution in [0, 0.1) is 0 Å². The molecule has 0 amide bonds. The van der Waals surface area contributed by atoms with Crippen LogP contribution in [0.1, 0.15) is 31.1 Å². The third kappa shape index (κ3) is 3.52. The summed E-state index contributed by atoms with van der Waals surface area (Å²) < 4.78 is 8.21. The molecule has 0 spiro atoms. The summed E-state index contributed by atoms with van der Waals surface area (Å²) in [4.78, 5) is 4.13. The summed E-state index contributed by atoms with van der Waals surface area (Å²) in [6.45, 7) is 4.03. The number of hydrogen-bond acceptors (Lipinski definition) is 2. The lowest BCUT2D eigenvalue weighted by Crippen LogP contribution is -2.06. The van der Waals surface area contributed by atoms with Crippen molar-refractivity contribution in [2.45, 2.75) is 20.0 Å². The molecule has 0 aliphatic carbocycles. The smallest absolute Gasteiger partial charge is 0.129 e. The highest BCUT2D eigenvalue weighted by atomic mass is 35.5. The Kier molecular flexibility index (Phi) is 5.02. The molecule has 1 aromatic heterocycles. The second-order valence-electron chi connectivity index (χ2n) is 5.46. The Bertz CT molecular complexity index is 840. The molecule has 0 fully saturated rings. The Balaban J connectivity index is 1.92. The lowest BCUT2D eigenvalue weighted by Gasteiger charge is -2.19. The first-order valence-electron chi connectivity index (χ1n) is 7.85. The number of rotatable bonds is 5. The normalized spacial score (nSPS) is 12.9. The van der Waals surface area contributed by atoms with Crippen LogP contribution in [0.15, 0.2) is 73.3 Å². The zero-order valence-corrected chi connectivity index (χ0v) is 14.4. The summed E-state index contributed by atoms with van der Waals surface area (Å²) in [7, 11) is 0. The van der Waals surface area contributed by atoms with E-state index in [1.165, 1.54) is 0 Å². The molecule has 24 heavy (non-hydrogen) atoms. The average Bonchev–Trinajstić information content (AvgIpc) is 3.11. The van der Waals surface area contributed by atoms with Crippen molar-refractivity contribution in [3.8, 4) is 5.75 Å². The molecule has 0 aliphatic rings. The van der Waals surface area contributed by atoms with Gasteiger partial charge in [-0.15, -0.1) is 0 Å². The summed E-state index contributed by atoms with van der Waals surface area (Å²) in [6, 6.07) is 15.8. The van der Waals surface area contributed by atoms with E-state index in [1.54, 1.807) is 12.5 Å². The van der Waals surface area contributed by atoms with Gasteiger partial charge in [0.1, 0.15) is 11.9 Å². The van der Waals surface area contributed by atoms with Gasteiger partial charge in [-0.25, -0.2) is 4.98 Å². The van der Waals surface area contributed by atoms with Crippen molar-refractivity contribution in [2.24, 2.45) is 0 Å². The maximum atomic E-state index is 6.23. The number of para-hydroxylation sites is 1. The monoisotopic (exact) mass is 338 g/mol. The Hall–Kier alpha value is -2.52. The molecule has 0 saturated carbocycles. The van der Waals surface area contributed by atoms with Crippen molar-refractivity contribution < 1.29 is 4.74 Å². The van der Waals surface area contributed by atoms with Gasteiger partial charge in [-0.2, -0.15) is 0 Å². The highest BCUT2D eigenvalue weighted by molar-refractivity contribution is 6.30. The maximum Gasteiger partial charge on any atom is 0.129 e. The van der Waals surface area contributed by atoms with Gasteiger partial charge in [0.15, 0.2) is 0 Å². The van der Waals surface area contributed by atoms with Gasteiger partial charge in [0, 0.05) is 23.0 Å². The van der Waals surface area contributed by atoms with E-state index in [1.807, 2.05) is 73.2 Å². The Morgan fingerprint density at radius 1 is 1.21 bits per heavy atom. The molecule has 1 unspecified atom stereocenters. The summed E-state index contributed by atoms with van der Waals surface area (Å²) in [6.07, 6.45) is 7.42. The minimum atomic E-state index is -0.106. The number of aromatic nitrogens is 2. The number of nitrogens with zero attached hydrogens (tertiary/aromatic N) is 2. The van der Waals surface area contributed by atoms with Crippen molar-refractivity contribution >= 4 is 17.3 Å². The SMILES string of the molecule is C/C=C(\c1ccccc1OC(C)c1cccc(Cl)c1)n1ccnc1. The van der Waals surface area contributed by atoms with Crippen LogP contribution in [0.2, 0.25) is 5.02 Å². The molecule has 4 heteroatoms. The number of halogens is 1. The molecule has 2 aromatic carbocycles. The maximum absolute atomic E-state index is 6.23. The van der Waals surface area contributed by atoms with Gasteiger partial charge >= 0.3 is 0 Å². The lowest BCUT2D eigenvalue weighted by atomic mass is 10.1. The zero-order chi connectivity index (χ0) is 16.9. The second-order valence-corrected chi connectivity index (χ2v) is 5.89. The third-order valence-electron chi connectivity index (χ3n) is 3.84. The van der Waals surface area contributed by atoms with Crippen molar-refractivity contribution in [2.75, 3.05) is 0 Å². The molecule has 0 radical (unpaired) electrons. The predicted molar refractivity (Wildman–Crippen MR) is 98.2 cm³/mol. The molecule has 0 bridgehead atoms. The van der Waals surface area contributed by atoms with E-state index in [2.05, 4.69) is 11.1 Å². The molecule has 0 saturated heterocycles. The Morgan fingerprint density at radius 2 is 2.04 bits per heavy atom. The van der Waals surface area contributed by atoms with Gasteiger partial charge in [-0.1, -0.05) is 41.9 Å². The van der Waals surface area contributed by atoms with Gasteiger partial charge in [-0.05, 0) is 43.7 Å². The minimum Gasteiger partial charge on any atom is -0.485 e. The van der Waals surface area contributed by atoms with Crippen LogP contribution in [0.4, 0.5) is 0 Å². The largest absolute Gasteiger partial charge is 0.485 e. The van der Waals surface area contributed by atoms with Gasteiger partial charge in [-0.3, -0.25) is 0 Å². The van der Waals surface area contributed by atoms with Crippen molar-refractivity contribution in [1.82, 2.24) is 9.55 Å². The summed E-state index contributed by atoms with van der Waals surface area (Å²) in [5.74, 6) is 0.826. The number of imidazole rings is 1. The summed E-state index contributed by atoms with van der Waals surface area (Å²) in [5, 5.41) is 0.712. The van der Waals surface area contributed by atoms with E-state index < -0.39 is 0 Å². The molecule has 122 valence electrons. The van der Waals surface area contributed by atoms with E-state index in [9.17, 15) is 0 Å². The van der Waals surface area contributed by atoms with E-state index in [0.717, 1.165) is 22.6 Å². The molecule has 3 nitrogen and oxygen atoms in total. The van der Waals surface area contributed by atoms with Gasteiger partial charge in [0.2, 0.25) is 0 Å². The van der Waals surface area contributed by atoms with Crippen molar-refractivity contribution in [1.29, 1.82) is 0 Å². The summed E-state index contributed by atoms with van der Waals surface area (Å²) in [5.41, 5.74) is 3.09. The van der Waals surface area contributed by atoms with Crippen LogP contribution in [-0.2, 0) is 0 Å². The van der Waals surface area contributed by atoms with Crippen molar-refractivity contribution in [3.05, 3.63) is 89.5 Å². The first-order chi connectivity index (χ1) is 11.7. The molecule has 0 aliphatic heterocycles. The highest BCUT2D eigenvalue weighted by Gasteiger charge is 2.14. The first kappa shape index (κ1) is 16.3. The van der Waals surface area contributed by atoms with Gasteiger partial charge in [0.25, 0.3) is 0 Å². The van der Waals surface area contributed by atoms with Crippen LogP contribution < -0.4 is 4.74 Å². The number of ether oxygens (including phenoxy) is 1. The molecule has 1 atom stereocenters. The molecule has 0 N–H and O–H groups in total. The van der Waals surface area contributed by atoms with Crippen molar-refractivity contribution in [3.63, 3.8) is 0 Å². The molecular weight excluding hydrogens is 320 g/mol. The molecule has 3 rings (SSSR count). The fourth-order valence-electron chi connectivity index (χ4n) is 2.64. The van der Waals surface area contributed by atoms with Crippen LogP contribution in [0.5, 0.6) is 5.75 Å². The Morgan fingerprint density at radius 3 is 2.75 bits per heavy atom. The number of allylic oxidation sites excluding steroid dienone is 1. The molecule has 3 aromatic rings. The quantitative estimate of drug-likeness (QED) is 0.606. The van der Waals surface area contributed by atoms with E-state index in [4.69, 9.17) is 16.3 Å². The van der Waals surface area contributed by atoms with Crippen LogP contribution >= 0.6 is 11.6 Å². The van der Waals surface area contributed by atoms with Crippen LogP contribution in [0.25, 0.3) is 5.70 Å². The third-order valence-corrected chi connectivity index (χ3v) is 4.08. The Labute approximate surface area is 147 Å². The van der Waals surface area contributed by atoms with E-state index in [0.29, 0.717) is 5.02 Å². The van der Waals surface area contributed by atoms with E-state index in [-0.39, 0.29) is 6.10 Å². The van der Waals surface area contributed by atoms with Crippen LogP contribution in [0.3, 0.4) is 0 Å². The zero-order valence-electron chi connectivity index (χ0n) is 13.7. The summed E-state index contributed by atoms with van der Waals surface area (Å²) >= 11 is 6.09. The fourth-order valence-corrected chi connectivity index (χ4v) is 2.84. The topological polar surface area (TPSA) is 27.1 Å². The molecular formula is C20H19ClN2O. The number of hydrogen-bond donors (Lipinski definition) is 0. The van der Waals surface area contributed by atoms with Gasteiger partial charge < -0.3 is 9.30 Å². The average molecular weight is 339 g/mol. The second kappa shape index (κ2) is 7.37. The van der Waals surface area contributed by atoms with Crippen LogP contribution in [-0.4, -0.2) is 9.55 Å². The first-order valence-corrected chi connectivity index (χ1v) is 8.23. The fraction of sp³-hybridized carbons (Fsp3) is 0.150.